The Labute approximate surface area is 110 Å². The SMILES string of the molecule is CCOc1cccc(NC(C)(C)C(=O)O)c1[N+](=O)[O-]. The number of nitrogens with zero attached hydrogens (tertiary/aromatic N) is 1. The van der Waals surface area contributed by atoms with Gasteiger partial charge in [-0.3, -0.25) is 10.1 Å². The van der Waals surface area contributed by atoms with Gasteiger partial charge in [-0.15, -0.1) is 0 Å². The Balaban J connectivity index is 3.24. The fraction of sp³-hybridized carbons (Fsp3) is 0.417. The molecule has 0 bridgehead atoms. The Morgan fingerprint density at radius 1 is 1.53 bits per heavy atom. The van der Waals surface area contributed by atoms with Gasteiger partial charge in [-0.05, 0) is 32.9 Å². The molecule has 0 atom stereocenters. The van der Waals surface area contributed by atoms with Gasteiger partial charge in [-0.25, -0.2) is 4.79 Å². The number of benzene rings is 1. The Hall–Kier alpha value is -2.31. The zero-order valence-electron chi connectivity index (χ0n) is 11.0. The summed E-state index contributed by atoms with van der Waals surface area (Å²) >= 11 is 0. The molecule has 7 heteroatoms. The molecule has 0 aliphatic rings. The standard InChI is InChI=1S/C12H16N2O5/c1-4-19-9-7-5-6-8(10(9)14(17)18)13-12(2,3)11(15)16/h5-7,13H,4H2,1-3H3,(H,15,16). The number of carbonyl (C=O) groups is 1. The van der Waals surface area contributed by atoms with Crippen LogP contribution in [0.2, 0.25) is 0 Å². The maximum absolute atomic E-state index is 11.1. The third kappa shape index (κ3) is 3.34. The number of nitro benzene ring substituents is 1. The van der Waals surface area contributed by atoms with Gasteiger partial charge in [-0.1, -0.05) is 6.07 Å². The molecule has 0 aromatic heterocycles. The van der Waals surface area contributed by atoms with Crippen molar-refractivity contribution < 1.29 is 19.6 Å². The summed E-state index contributed by atoms with van der Waals surface area (Å²) in [7, 11) is 0. The zero-order chi connectivity index (χ0) is 14.6. The van der Waals surface area contributed by atoms with Crippen LogP contribution in [0.1, 0.15) is 20.8 Å². The second-order valence-corrected chi connectivity index (χ2v) is 4.40. The molecule has 0 saturated carbocycles. The lowest BCUT2D eigenvalue weighted by Gasteiger charge is -2.22. The van der Waals surface area contributed by atoms with Gasteiger partial charge in [0.15, 0.2) is 5.75 Å². The predicted octanol–water partition coefficient (Wildman–Crippen LogP) is 2.27. The van der Waals surface area contributed by atoms with E-state index in [1.165, 1.54) is 26.0 Å². The summed E-state index contributed by atoms with van der Waals surface area (Å²) in [5.74, 6) is -0.998. The van der Waals surface area contributed by atoms with Gasteiger partial charge in [-0.2, -0.15) is 0 Å². The maximum Gasteiger partial charge on any atom is 0.333 e. The number of carboxylic acids is 1. The summed E-state index contributed by atoms with van der Waals surface area (Å²) in [6.07, 6.45) is 0. The minimum Gasteiger partial charge on any atom is -0.487 e. The summed E-state index contributed by atoms with van der Waals surface area (Å²) in [4.78, 5) is 21.6. The number of anilines is 1. The molecule has 0 aliphatic carbocycles. The first-order valence-electron chi connectivity index (χ1n) is 5.71. The van der Waals surface area contributed by atoms with Gasteiger partial charge in [0.2, 0.25) is 0 Å². The number of nitrogens with one attached hydrogen (secondary N) is 1. The third-order valence-corrected chi connectivity index (χ3v) is 2.46. The number of nitro groups is 1. The smallest absolute Gasteiger partial charge is 0.333 e. The number of rotatable bonds is 6. The largest absolute Gasteiger partial charge is 0.487 e. The Morgan fingerprint density at radius 2 is 2.16 bits per heavy atom. The van der Waals surface area contributed by atoms with E-state index in [1.807, 2.05) is 0 Å². The highest BCUT2D eigenvalue weighted by molar-refractivity contribution is 5.83. The summed E-state index contributed by atoms with van der Waals surface area (Å²) in [5.41, 5.74) is -1.47. The maximum atomic E-state index is 11.1. The van der Waals surface area contributed by atoms with Gasteiger partial charge >= 0.3 is 11.7 Å². The molecule has 19 heavy (non-hydrogen) atoms. The van der Waals surface area contributed by atoms with Crippen LogP contribution in [0.4, 0.5) is 11.4 Å². The minimum atomic E-state index is -1.32. The molecule has 1 rings (SSSR count). The molecule has 0 fully saturated rings. The van der Waals surface area contributed by atoms with Gasteiger partial charge in [0.05, 0.1) is 11.5 Å². The Bertz CT molecular complexity index is 499. The Morgan fingerprint density at radius 3 is 2.63 bits per heavy atom. The molecule has 1 aromatic carbocycles. The van der Waals surface area contributed by atoms with Gasteiger partial charge in [0, 0.05) is 0 Å². The van der Waals surface area contributed by atoms with E-state index in [1.54, 1.807) is 13.0 Å². The van der Waals surface area contributed by atoms with Crippen LogP contribution in [0.15, 0.2) is 18.2 Å². The van der Waals surface area contributed by atoms with Gasteiger partial charge < -0.3 is 15.2 Å². The lowest BCUT2D eigenvalue weighted by molar-refractivity contribution is -0.385. The van der Waals surface area contributed by atoms with E-state index < -0.39 is 16.4 Å². The van der Waals surface area contributed by atoms with E-state index in [2.05, 4.69) is 5.32 Å². The van der Waals surface area contributed by atoms with Crippen molar-refractivity contribution in [3.63, 3.8) is 0 Å². The quantitative estimate of drug-likeness (QED) is 0.606. The molecule has 0 spiro atoms. The number of carboxylic acid groups (broad SMARTS) is 1. The molecule has 0 aliphatic heterocycles. The van der Waals surface area contributed by atoms with Crippen molar-refractivity contribution in [2.45, 2.75) is 26.3 Å². The summed E-state index contributed by atoms with van der Waals surface area (Å²) in [6.45, 7) is 4.84. The molecule has 0 heterocycles. The number of para-hydroxylation sites is 1. The first-order valence-corrected chi connectivity index (χ1v) is 5.71. The average molecular weight is 268 g/mol. The first kappa shape index (κ1) is 14.7. The molecule has 0 radical (unpaired) electrons. The summed E-state index contributed by atoms with van der Waals surface area (Å²) in [6, 6.07) is 4.49. The van der Waals surface area contributed by atoms with Crippen molar-refractivity contribution in [1.82, 2.24) is 0 Å². The lowest BCUT2D eigenvalue weighted by Crippen LogP contribution is -2.40. The predicted molar refractivity (Wildman–Crippen MR) is 69.6 cm³/mol. The van der Waals surface area contributed by atoms with Crippen molar-refractivity contribution in [3.05, 3.63) is 28.3 Å². The Kier molecular flexibility index (Phi) is 4.31. The number of hydrogen-bond acceptors (Lipinski definition) is 5. The first-order chi connectivity index (χ1) is 8.79. The van der Waals surface area contributed by atoms with Crippen LogP contribution < -0.4 is 10.1 Å². The molecule has 7 nitrogen and oxygen atoms in total. The zero-order valence-corrected chi connectivity index (χ0v) is 11.0. The fourth-order valence-corrected chi connectivity index (χ4v) is 1.47. The number of aliphatic carboxylic acids is 1. The molecular weight excluding hydrogens is 252 g/mol. The molecule has 1 aromatic rings. The molecule has 2 N–H and O–H groups in total. The topological polar surface area (TPSA) is 102 Å². The van der Waals surface area contributed by atoms with Crippen LogP contribution in [0.3, 0.4) is 0 Å². The fourth-order valence-electron chi connectivity index (χ4n) is 1.47. The van der Waals surface area contributed by atoms with Crippen LogP contribution in [-0.4, -0.2) is 28.1 Å². The molecule has 0 unspecified atom stereocenters. The van der Waals surface area contributed by atoms with Crippen molar-refractivity contribution in [1.29, 1.82) is 0 Å². The highest BCUT2D eigenvalue weighted by Gasteiger charge is 2.31. The van der Waals surface area contributed by atoms with Gasteiger partial charge in [0.1, 0.15) is 11.2 Å². The molecule has 0 saturated heterocycles. The average Bonchev–Trinajstić information content (AvgIpc) is 2.28. The number of ether oxygens (including phenoxy) is 1. The second kappa shape index (κ2) is 5.55. The summed E-state index contributed by atoms with van der Waals surface area (Å²) in [5, 5.41) is 22.8. The van der Waals surface area contributed by atoms with Crippen molar-refractivity contribution in [2.24, 2.45) is 0 Å². The number of hydrogen-bond donors (Lipinski definition) is 2. The highest BCUT2D eigenvalue weighted by Crippen LogP contribution is 2.36. The van der Waals surface area contributed by atoms with Gasteiger partial charge in [0.25, 0.3) is 0 Å². The van der Waals surface area contributed by atoms with Crippen LogP contribution in [0.5, 0.6) is 5.75 Å². The monoisotopic (exact) mass is 268 g/mol. The third-order valence-electron chi connectivity index (χ3n) is 2.46. The normalized spacial score (nSPS) is 10.9. The lowest BCUT2D eigenvalue weighted by atomic mass is 10.1. The van der Waals surface area contributed by atoms with E-state index in [0.29, 0.717) is 0 Å². The van der Waals surface area contributed by atoms with Crippen molar-refractivity contribution >= 4 is 17.3 Å². The molecular formula is C12H16N2O5. The summed E-state index contributed by atoms with van der Waals surface area (Å²) < 4.78 is 5.18. The van der Waals surface area contributed by atoms with Crippen LogP contribution in [0.25, 0.3) is 0 Å². The van der Waals surface area contributed by atoms with E-state index >= 15 is 0 Å². The van der Waals surface area contributed by atoms with E-state index in [4.69, 9.17) is 9.84 Å². The van der Waals surface area contributed by atoms with E-state index in [-0.39, 0.29) is 23.7 Å². The second-order valence-electron chi connectivity index (χ2n) is 4.40. The van der Waals surface area contributed by atoms with Crippen LogP contribution >= 0.6 is 0 Å². The van der Waals surface area contributed by atoms with E-state index in [9.17, 15) is 14.9 Å². The van der Waals surface area contributed by atoms with Crippen LogP contribution in [0, 0.1) is 10.1 Å². The van der Waals surface area contributed by atoms with Crippen LogP contribution in [-0.2, 0) is 4.79 Å². The van der Waals surface area contributed by atoms with Crippen molar-refractivity contribution in [2.75, 3.05) is 11.9 Å². The molecule has 0 amide bonds. The molecule has 104 valence electrons. The van der Waals surface area contributed by atoms with Crippen molar-refractivity contribution in [3.8, 4) is 5.75 Å². The highest BCUT2D eigenvalue weighted by atomic mass is 16.6. The van der Waals surface area contributed by atoms with E-state index in [0.717, 1.165) is 0 Å². The minimum absolute atomic E-state index is 0.110.